The summed E-state index contributed by atoms with van der Waals surface area (Å²) in [6.45, 7) is 3.71. The van der Waals surface area contributed by atoms with E-state index in [0.717, 1.165) is 0 Å². The fourth-order valence-electron chi connectivity index (χ4n) is 0.785. The highest BCUT2D eigenvalue weighted by molar-refractivity contribution is 7.93. The summed E-state index contributed by atoms with van der Waals surface area (Å²) in [7, 11) is 1.72. The molecule has 0 aliphatic heterocycles. The Bertz CT molecular complexity index is 128. The van der Waals surface area contributed by atoms with Gasteiger partial charge in [-0.05, 0) is 19.1 Å². The van der Waals surface area contributed by atoms with Crippen molar-refractivity contribution >= 4 is 17.8 Å². The minimum Gasteiger partial charge on any atom is -0.330 e. The van der Waals surface area contributed by atoms with E-state index in [1.54, 1.807) is 7.05 Å². The summed E-state index contributed by atoms with van der Waals surface area (Å²) >= 11 is 0.697. The molecule has 1 unspecified atom stereocenters. The highest BCUT2D eigenvalue weighted by Gasteiger charge is 2.18. The predicted octanol–water partition coefficient (Wildman–Crippen LogP) is 1.01. The first-order valence-corrected chi connectivity index (χ1v) is 4.55. The van der Waals surface area contributed by atoms with Crippen LogP contribution in [0, 0.1) is 5.92 Å². The molecule has 2 N–H and O–H groups in total. The van der Waals surface area contributed by atoms with Gasteiger partial charge in [0, 0.05) is 11.7 Å². The quantitative estimate of drug-likeness (QED) is 0.615. The number of nitrogens with one attached hydrogen (secondary N) is 1. The van der Waals surface area contributed by atoms with Crippen LogP contribution in [0.1, 0.15) is 13.8 Å². The number of Topliss-reactive ketones (excluding diaryl/α,β-unsaturated/α-hetero) is 1. The molecule has 0 spiro atoms. The van der Waals surface area contributed by atoms with Gasteiger partial charge in [-0.1, -0.05) is 13.8 Å². The van der Waals surface area contributed by atoms with Crippen LogP contribution < -0.4 is 5.32 Å². The normalized spacial score (nSPS) is 13.5. The van der Waals surface area contributed by atoms with Crippen molar-refractivity contribution in [2.75, 3.05) is 12.8 Å². The van der Waals surface area contributed by atoms with E-state index in [-0.39, 0.29) is 17.7 Å². The highest BCUT2D eigenvalue weighted by Crippen LogP contribution is 2.04. The Morgan fingerprint density at radius 1 is 1.64 bits per heavy atom. The molecule has 0 saturated heterocycles. The van der Waals surface area contributed by atoms with Crippen LogP contribution in [-0.4, -0.2) is 29.2 Å². The minimum absolute atomic E-state index is 0.0274. The van der Waals surface area contributed by atoms with Crippen LogP contribution in [0.4, 0.5) is 0 Å². The molecule has 0 amide bonds. The van der Waals surface area contributed by atoms with Gasteiger partial charge in [0.1, 0.15) is 0 Å². The second-order valence-electron chi connectivity index (χ2n) is 2.69. The molecule has 11 heavy (non-hydrogen) atoms. The topological polar surface area (TPSA) is 49.3 Å². The van der Waals surface area contributed by atoms with E-state index in [2.05, 4.69) is 5.32 Å². The average Bonchev–Trinajstić information content (AvgIpc) is 1.98. The molecule has 0 radical (unpaired) electrons. The summed E-state index contributed by atoms with van der Waals surface area (Å²) in [6, 6.07) is -0.218. The molecule has 0 aromatic rings. The predicted molar refractivity (Wildman–Crippen MR) is 47.8 cm³/mol. The van der Waals surface area contributed by atoms with Gasteiger partial charge in [-0.15, -0.1) is 0 Å². The third kappa shape index (κ3) is 3.74. The van der Waals surface area contributed by atoms with E-state index in [1.807, 2.05) is 13.8 Å². The van der Waals surface area contributed by atoms with E-state index < -0.39 is 0 Å². The van der Waals surface area contributed by atoms with E-state index in [4.69, 9.17) is 4.55 Å². The standard InChI is InChI=1S/C7H15NO2S/c1-5(2)7(9)6(8-3)4-11-10/h5-6,8,10H,4H2,1-3H3. The van der Waals surface area contributed by atoms with Crippen molar-refractivity contribution in [3.05, 3.63) is 0 Å². The summed E-state index contributed by atoms with van der Waals surface area (Å²) in [4.78, 5) is 11.3. The van der Waals surface area contributed by atoms with E-state index in [1.165, 1.54) is 0 Å². The first-order valence-electron chi connectivity index (χ1n) is 3.60. The Morgan fingerprint density at radius 3 is 2.45 bits per heavy atom. The molecule has 0 bridgehead atoms. The molecule has 0 aromatic carbocycles. The SMILES string of the molecule is CNC(CSO)C(=O)C(C)C. The number of carbonyl (C=O) groups excluding carboxylic acids is 1. The maximum absolute atomic E-state index is 11.3. The second kappa shape index (κ2) is 5.57. The van der Waals surface area contributed by atoms with E-state index in [0.29, 0.717) is 17.8 Å². The Morgan fingerprint density at radius 2 is 2.18 bits per heavy atom. The molecule has 66 valence electrons. The van der Waals surface area contributed by atoms with Crippen LogP contribution in [0.5, 0.6) is 0 Å². The van der Waals surface area contributed by atoms with Crippen LogP contribution in [-0.2, 0) is 4.79 Å². The van der Waals surface area contributed by atoms with Gasteiger partial charge in [0.05, 0.1) is 6.04 Å². The van der Waals surface area contributed by atoms with Crippen LogP contribution >= 0.6 is 12.0 Å². The first kappa shape index (κ1) is 10.9. The number of hydrogen-bond donors (Lipinski definition) is 2. The summed E-state index contributed by atoms with van der Waals surface area (Å²) in [5.74, 6) is 0.599. The van der Waals surface area contributed by atoms with Crippen LogP contribution in [0.3, 0.4) is 0 Å². The highest BCUT2D eigenvalue weighted by atomic mass is 32.2. The Labute approximate surface area is 71.8 Å². The molecule has 0 aliphatic carbocycles. The molecular formula is C7H15NO2S. The van der Waals surface area contributed by atoms with Crippen molar-refractivity contribution in [3.63, 3.8) is 0 Å². The van der Waals surface area contributed by atoms with Gasteiger partial charge in [0.15, 0.2) is 5.78 Å². The van der Waals surface area contributed by atoms with Crippen LogP contribution in [0.2, 0.25) is 0 Å². The molecule has 0 fully saturated rings. The lowest BCUT2D eigenvalue weighted by Crippen LogP contribution is -2.38. The molecule has 0 heterocycles. The maximum atomic E-state index is 11.3. The van der Waals surface area contributed by atoms with Crippen molar-refractivity contribution in [1.29, 1.82) is 0 Å². The third-order valence-corrected chi connectivity index (χ3v) is 1.98. The van der Waals surface area contributed by atoms with E-state index in [9.17, 15) is 4.79 Å². The lowest BCUT2D eigenvalue weighted by atomic mass is 10.0. The van der Waals surface area contributed by atoms with Gasteiger partial charge in [0.2, 0.25) is 0 Å². The number of carbonyl (C=O) groups is 1. The molecule has 4 heteroatoms. The summed E-state index contributed by atoms with van der Waals surface area (Å²) in [5.41, 5.74) is 0. The second-order valence-corrected chi connectivity index (χ2v) is 3.29. The van der Waals surface area contributed by atoms with Crippen molar-refractivity contribution in [2.45, 2.75) is 19.9 Å². The number of hydrogen-bond acceptors (Lipinski definition) is 4. The zero-order valence-corrected chi connectivity index (χ0v) is 7.94. The Balaban J connectivity index is 3.92. The van der Waals surface area contributed by atoms with Gasteiger partial charge in [-0.2, -0.15) is 0 Å². The van der Waals surface area contributed by atoms with Gasteiger partial charge in [-0.3, -0.25) is 4.79 Å². The molecule has 3 nitrogen and oxygen atoms in total. The molecule has 0 rings (SSSR count). The summed E-state index contributed by atoms with van der Waals surface area (Å²) < 4.78 is 8.52. The van der Waals surface area contributed by atoms with Crippen molar-refractivity contribution in [3.8, 4) is 0 Å². The number of rotatable bonds is 5. The minimum atomic E-state index is -0.218. The molecule has 0 aromatic heterocycles. The Hall–Kier alpha value is -0.0600. The fourth-order valence-corrected chi connectivity index (χ4v) is 1.26. The third-order valence-electron chi connectivity index (χ3n) is 1.50. The lowest BCUT2D eigenvalue weighted by molar-refractivity contribution is -0.123. The zero-order valence-electron chi connectivity index (χ0n) is 7.13. The zero-order chi connectivity index (χ0) is 8.85. The van der Waals surface area contributed by atoms with Crippen molar-refractivity contribution < 1.29 is 9.35 Å². The van der Waals surface area contributed by atoms with Gasteiger partial charge >= 0.3 is 0 Å². The van der Waals surface area contributed by atoms with E-state index >= 15 is 0 Å². The fraction of sp³-hybridized carbons (Fsp3) is 0.857. The number of likely N-dealkylation sites (N-methyl/N-ethyl adjacent to an activating group) is 1. The molecular weight excluding hydrogens is 162 g/mol. The first-order chi connectivity index (χ1) is 5.13. The smallest absolute Gasteiger partial charge is 0.153 e. The van der Waals surface area contributed by atoms with Gasteiger partial charge in [-0.25, -0.2) is 0 Å². The van der Waals surface area contributed by atoms with Crippen molar-refractivity contribution in [2.24, 2.45) is 5.92 Å². The van der Waals surface area contributed by atoms with Crippen molar-refractivity contribution in [1.82, 2.24) is 5.32 Å². The lowest BCUT2D eigenvalue weighted by Gasteiger charge is -2.14. The van der Waals surface area contributed by atoms with Gasteiger partial charge in [0.25, 0.3) is 0 Å². The molecule has 0 saturated carbocycles. The maximum Gasteiger partial charge on any atom is 0.153 e. The average molecular weight is 177 g/mol. The largest absolute Gasteiger partial charge is 0.330 e. The van der Waals surface area contributed by atoms with Crippen LogP contribution in [0.15, 0.2) is 0 Å². The summed E-state index contributed by atoms with van der Waals surface area (Å²) in [6.07, 6.45) is 0. The molecule has 0 aliphatic rings. The molecule has 1 atom stereocenters. The Kier molecular flexibility index (Phi) is 5.54. The monoisotopic (exact) mass is 177 g/mol. The summed E-state index contributed by atoms with van der Waals surface area (Å²) in [5, 5.41) is 2.85. The van der Waals surface area contributed by atoms with Gasteiger partial charge < -0.3 is 9.87 Å². The number of ketones is 1. The van der Waals surface area contributed by atoms with Crippen LogP contribution in [0.25, 0.3) is 0 Å².